The van der Waals surface area contributed by atoms with Crippen molar-refractivity contribution in [1.82, 2.24) is 0 Å². The van der Waals surface area contributed by atoms with Crippen molar-refractivity contribution in [2.24, 2.45) is 0 Å². The van der Waals surface area contributed by atoms with Gasteiger partial charge in [-0.15, -0.1) is 0 Å². The van der Waals surface area contributed by atoms with Crippen LogP contribution in [0.1, 0.15) is 37.5 Å². The van der Waals surface area contributed by atoms with Crippen LogP contribution in [-0.4, -0.2) is 8.42 Å². The first kappa shape index (κ1) is 16.6. The van der Waals surface area contributed by atoms with Crippen molar-refractivity contribution in [3.05, 3.63) is 59.2 Å². The van der Waals surface area contributed by atoms with Gasteiger partial charge < -0.3 is 0 Å². The van der Waals surface area contributed by atoms with Gasteiger partial charge in [0.05, 0.1) is 10.6 Å². The minimum atomic E-state index is -3.59. The average molecular weight is 317 g/mol. The first-order valence-corrected chi connectivity index (χ1v) is 8.79. The zero-order valence-electron chi connectivity index (χ0n) is 13.8. The van der Waals surface area contributed by atoms with Gasteiger partial charge in [-0.1, -0.05) is 45.0 Å². The second kappa shape index (κ2) is 5.76. The third-order valence-corrected chi connectivity index (χ3v) is 5.13. The average Bonchev–Trinajstić information content (AvgIpc) is 2.40. The van der Waals surface area contributed by atoms with Crippen molar-refractivity contribution in [2.45, 2.75) is 44.9 Å². The highest BCUT2D eigenvalue weighted by molar-refractivity contribution is 7.92. The zero-order chi connectivity index (χ0) is 16.5. The highest BCUT2D eigenvalue weighted by Crippen LogP contribution is 2.30. The minimum Gasteiger partial charge on any atom is -0.279 e. The summed E-state index contributed by atoms with van der Waals surface area (Å²) in [6, 6.07) is 12.7. The Hall–Kier alpha value is -1.81. The molecule has 118 valence electrons. The maximum atomic E-state index is 12.6. The van der Waals surface area contributed by atoms with Crippen molar-refractivity contribution >= 4 is 15.7 Å². The van der Waals surface area contributed by atoms with E-state index in [1.807, 2.05) is 38.1 Å². The number of sulfonamides is 1. The van der Waals surface area contributed by atoms with Crippen LogP contribution in [0.25, 0.3) is 0 Å². The van der Waals surface area contributed by atoms with Crippen LogP contribution >= 0.6 is 0 Å². The van der Waals surface area contributed by atoms with E-state index in [0.29, 0.717) is 10.6 Å². The monoisotopic (exact) mass is 317 g/mol. The Morgan fingerprint density at radius 3 is 2.14 bits per heavy atom. The van der Waals surface area contributed by atoms with Crippen LogP contribution in [0.5, 0.6) is 0 Å². The van der Waals surface area contributed by atoms with Gasteiger partial charge in [0.1, 0.15) is 0 Å². The van der Waals surface area contributed by atoms with Crippen molar-refractivity contribution in [2.75, 3.05) is 4.72 Å². The second-order valence-electron chi connectivity index (χ2n) is 6.65. The molecule has 22 heavy (non-hydrogen) atoms. The van der Waals surface area contributed by atoms with Gasteiger partial charge in [0, 0.05) is 0 Å². The molecular formula is C18H23NO2S. The number of para-hydroxylation sites is 1. The van der Waals surface area contributed by atoms with E-state index in [1.54, 1.807) is 18.2 Å². The first-order chi connectivity index (χ1) is 10.1. The molecule has 3 nitrogen and oxygen atoms in total. The maximum Gasteiger partial charge on any atom is 0.261 e. The lowest BCUT2D eigenvalue weighted by Gasteiger charge is -2.23. The Morgan fingerprint density at radius 2 is 1.55 bits per heavy atom. The number of hydrogen-bond donors (Lipinski definition) is 1. The van der Waals surface area contributed by atoms with Gasteiger partial charge >= 0.3 is 0 Å². The summed E-state index contributed by atoms with van der Waals surface area (Å²) in [4.78, 5) is 0.291. The SMILES string of the molecule is Cc1ccc(S(=O)(=O)Nc2ccccc2C(C)(C)C)cc1C. The predicted octanol–water partition coefficient (Wildman–Crippen LogP) is 4.40. The summed E-state index contributed by atoms with van der Waals surface area (Å²) in [7, 11) is -3.59. The van der Waals surface area contributed by atoms with Gasteiger partial charge in [0.25, 0.3) is 10.0 Å². The summed E-state index contributed by atoms with van der Waals surface area (Å²) in [5, 5.41) is 0. The number of aryl methyl sites for hydroxylation is 2. The fourth-order valence-corrected chi connectivity index (χ4v) is 3.48. The van der Waals surface area contributed by atoms with Crippen LogP contribution in [-0.2, 0) is 15.4 Å². The third kappa shape index (κ3) is 3.50. The van der Waals surface area contributed by atoms with E-state index in [2.05, 4.69) is 25.5 Å². The molecule has 0 unspecified atom stereocenters. The molecule has 2 aromatic carbocycles. The molecule has 0 aliphatic rings. The summed E-state index contributed by atoms with van der Waals surface area (Å²) in [6.07, 6.45) is 0. The molecule has 0 atom stereocenters. The van der Waals surface area contributed by atoms with Gasteiger partial charge in [-0.2, -0.15) is 0 Å². The van der Waals surface area contributed by atoms with Crippen molar-refractivity contribution in [3.63, 3.8) is 0 Å². The van der Waals surface area contributed by atoms with Crippen molar-refractivity contribution in [1.29, 1.82) is 0 Å². The fourth-order valence-electron chi connectivity index (χ4n) is 2.31. The summed E-state index contributed by atoms with van der Waals surface area (Å²) >= 11 is 0. The van der Waals surface area contributed by atoms with E-state index < -0.39 is 10.0 Å². The molecule has 0 aliphatic carbocycles. The molecule has 0 aliphatic heterocycles. The largest absolute Gasteiger partial charge is 0.279 e. The maximum absolute atomic E-state index is 12.6. The van der Waals surface area contributed by atoms with Crippen LogP contribution in [0.4, 0.5) is 5.69 Å². The topological polar surface area (TPSA) is 46.2 Å². The summed E-state index contributed by atoms with van der Waals surface area (Å²) in [6.45, 7) is 10.1. The van der Waals surface area contributed by atoms with Crippen LogP contribution in [0.2, 0.25) is 0 Å². The molecule has 1 N–H and O–H groups in total. The highest BCUT2D eigenvalue weighted by Gasteiger charge is 2.21. The van der Waals surface area contributed by atoms with E-state index in [1.165, 1.54) is 0 Å². The quantitative estimate of drug-likeness (QED) is 0.912. The van der Waals surface area contributed by atoms with Crippen LogP contribution < -0.4 is 4.72 Å². The number of rotatable bonds is 3. The lowest BCUT2D eigenvalue weighted by Crippen LogP contribution is -2.19. The number of anilines is 1. The first-order valence-electron chi connectivity index (χ1n) is 7.31. The van der Waals surface area contributed by atoms with Gasteiger partial charge in [0.15, 0.2) is 0 Å². The summed E-state index contributed by atoms with van der Waals surface area (Å²) < 4.78 is 28.0. The standard InChI is InChI=1S/C18H23NO2S/c1-13-10-11-15(12-14(13)2)22(20,21)19-17-9-7-6-8-16(17)18(3,4)5/h6-12,19H,1-5H3. The van der Waals surface area contributed by atoms with E-state index in [0.717, 1.165) is 16.7 Å². The van der Waals surface area contributed by atoms with Crippen molar-refractivity contribution in [3.8, 4) is 0 Å². The fraction of sp³-hybridized carbons (Fsp3) is 0.333. The summed E-state index contributed by atoms with van der Waals surface area (Å²) in [5.41, 5.74) is 3.51. The van der Waals surface area contributed by atoms with Crippen LogP contribution in [0, 0.1) is 13.8 Å². The molecule has 0 aromatic heterocycles. The molecule has 0 amide bonds. The molecule has 2 rings (SSSR count). The Morgan fingerprint density at radius 1 is 0.909 bits per heavy atom. The van der Waals surface area contributed by atoms with E-state index in [9.17, 15) is 8.42 Å². The molecule has 0 fully saturated rings. The molecule has 0 spiro atoms. The Kier molecular flexibility index (Phi) is 4.34. The second-order valence-corrected chi connectivity index (χ2v) is 8.33. The van der Waals surface area contributed by atoms with E-state index in [4.69, 9.17) is 0 Å². The predicted molar refractivity (Wildman–Crippen MR) is 91.9 cm³/mol. The lowest BCUT2D eigenvalue weighted by atomic mass is 9.86. The van der Waals surface area contributed by atoms with Gasteiger partial charge in [-0.25, -0.2) is 8.42 Å². The molecule has 4 heteroatoms. The lowest BCUT2D eigenvalue weighted by molar-refractivity contribution is 0.590. The smallest absolute Gasteiger partial charge is 0.261 e. The molecule has 0 bridgehead atoms. The third-order valence-electron chi connectivity index (χ3n) is 3.77. The van der Waals surface area contributed by atoms with Gasteiger partial charge in [0.2, 0.25) is 0 Å². The Bertz CT molecular complexity index is 787. The number of nitrogens with one attached hydrogen (secondary N) is 1. The van der Waals surface area contributed by atoms with Gasteiger partial charge in [-0.3, -0.25) is 4.72 Å². The minimum absolute atomic E-state index is 0.137. The molecule has 2 aromatic rings. The Balaban J connectivity index is 2.44. The Labute approximate surface area is 133 Å². The molecule has 0 heterocycles. The van der Waals surface area contributed by atoms with E-state index >= 15 is 0 Å². The number of hydrogen-bond acceptors (Lipinski definition) is 2. The summed E-state index contributed by atoms with van der Waals surface area (Å²) in [5.74, 6) is 0. The molecule has 0 radical (unpaired) electrons. The van der Waals surface area contributed by atoms with Crippen LogP contribution in [0.3, 0.4) is 0 Å². The van der Waals surface area contributed by atoms with E-state index in [-0.39, 0.29) is 5.41 Å². The molecule has 0 saturated heterocycles. The normalized spacial score (nSPS) is 12.2. The van der Waals surface area contributed by atoms with Crippen molar-refractivity contribution < 1.29 is 8.42 Å². The zero-order valence-corrected chi connectivity index (χ0v) is 14.6. The van der Waals surface area contributed by atoms with Crippen LogP contribution in [0.15, 0.2) is 47.4 Å². The molecular weight excluding hydrogens is 294 g/mol. The highest BCUT2D eigenvalue weighted by atomic mass is 32.2. The van der Waals surface area contributed by atoms with Gasteiger partial charge in [-0.05, 0) is 54.2 Å². The molecule has 0 saturated carbocycles. The number of benzene rings is 2.